The first-order chi connectivity index (χ1) is 4.54. The molecule has 0 atom stereocenters. The van der Waals surface area contributed by atoms with E-state index < -0.39 is 24.5 Å². The third-order valence-electron chi connectivity index (χ3n) is 1.29. The van der Waals surface area contributed by atoms with Crippen molar-refractivity contribution < 1.29 is 17.6 Å². The van der Waals surface area contributed by atoms with Crippen molar-refractivity contribution in [3.8, 4) is 0 Å². The SMILES string of the molecule is FC(F)C1=NCCC1(F)F. The van der Waals surface area contributed by atoms with E-state index in [1.165, 1.54) is 0 Å². The van der Waals surface area contributed by atoms with Gasteiger partial charge >= 0.3 is 0 Å². The van der Waals surface area contributed by atoms with E-state index >= 15 is 0 Å². The maximum absolute atomic E-state index is 12.2. The molecule has 0 aromatic rings. The minimum atomic E-state index is -3.37. The highest BCUT2D eigenvalue weighted by atomic mass is 19.3. The van der Waals surface area contributed by atoms with Crippen LogP contribution in [0.25, 0.3) is 0 Å². The van der Waals surface area contributed by atoms with Gasteiger partial charge in [-0.3, -0.25) is 4.99 Å². The number of hydrogen-bond acceptors (Lipinski definition) is 1. The summed E-state index contributed by atoms with van der Waals surface area (Å²) in [6, 6.07) is 0. The predicted octanol–water partition coefficient (Wildman–Crippen LogP) is 1.73. The molecule has 0 fully saturated rings. The first-order valence-corrected chi connectivity index (χ1v) is 2.75. The second-order valence-corrected chi connectivity index (χ2v) is 2.02. The molecule has 58 valence electrons. The van der Waals surface area contributed by atoms with E-state index in [9.17, 15) is 17.6 Å². The molecule has 0 aromatic carbocycles. The molecule has 0 N–H and O–H groups in total. The molecule has 0 aliphatic carbocycles. The van der Waals surface area contributed by atoms with Gasteiger partial charge < -0.3 is 0 Å². The van der Waals surface area contributed by atoms with Gasteiger partial charge in [0.2, 0.25) is 0 Å². The summed E-state index contributed by atoms with van der Waals surface area (Å²) in [4.78, 5) is 3.00. The average Bonchev–Trinajstić information content (AvgIpc) is 2.08. The van der Waals surface area contributed by atoms with Crippen LogP contribution in [0.5, 0.6) is 0 Å². The molecule has 0 radical (unpaired) electrons. The van der Waals surface area contributed by atoms with Gasteiger partial charge in [0.1, 0.15) is 5.71 Å². The second kappa shape index (κ2) is 2.21. The molecule has 0 spiro atoms. The maximum atomic E-state index is 12.2. The average molecular weight is 155 g/mol. The van der Waals surface area contributed by atoms with Crippen molar-refractivity contribution >= 4 is 5.71 Å². The van der Waals surface area contributed by atoms with Crippen molar-refractivity contribution in [1.82, 2.24) is 0 Å². The highest BCUT2D eigenvalue weighted by Gasteiger charge is 2.44. The van der Waals surface area contributed by atoms with Crippen LogP contribution in [-0.4, -0.2) is 24.6 Å². The van der Waals surface area contributed by atoms with Gasteiger partial charge in [0.15, 0.2) is 0 Å². The van der Waals surface area contributed by atoms with Gasteiger partial charge in [-0.25, -0.2) is 8.78 Å². The van der Waals surface area contributed by atoms with E-state index in [1.54, 1.807) is 0 Å². The quantitative estimate of drug-likeness (QED) is 0.511. The standard InChI is InChI=1S/C5H5F4N/c6-4(7)3-5(8,9)1-2-10-3/h4H,1-2H2. The molecule has 10 heavy (non-hydrogen) atoms. The van der Waals surface area contributed by atoms with Crippen LogP contribution >= 0.6 is 0 Å². The number of hydrogen-bond donors (Lipinski definition) is 0. The zero-order valence-electron chi connectivity index (χ0n) is 4.95. The topological polar surface area (TPSA) is 12.4 Å². The Morgan fingerprint density at radius 3 is 2.20 bits per heavy atom. The Morgan fingerprint density at radius 1 is 1.40 bits per heavy atom. The number of halogens is 4. The highest BCUT2D eigenvalue weighted by Crippen LogP contribution is 2.28. The Balaban J connectivity index is 2.75. The van der Waals surface area contributed by atoms with Crippen molar-refractivity contribution in [2.75, 3.05) is 6.54 Å². The summed E-state index contributed by atoms with van der Waals surface area (Å²) >= 11 is 0. The molecular formula is C5H5F4N. The molecule has 0 saturated heterocycles. The normalized spacial score (nSPS) is 23.5. The molecule has 0 aromatic heterocycles. The molecular weight excluding hydrogens is 150 g/mol. The highest BCUT2D eigenvalue weighted by molar-refractivity contribution is 5.95. The second-order valence-electron chi connectivity index (χ2n) is 2.02. The van der Waals surface area contributed by atoms with E-state index in [-0.39, 0.29) is 6.54 Å². The zero-order valence-corrected chi connectivity index (χ0v) is 4.95. The lowest BCUT2D eigenvalue weighted by molar-refractivity contribution is 0.0630. The Kier molecular flexibility index (Phi) is 1.66. The number of aliphatic imine (C=N–C) groups is 1. The monoisotopic (exact) mass is 155 g/mol. The fraction of sp³-hybridized carbons (Fsp3) is 0.800. The van der Waals surface area contributed by atoms with Gasteiger partial charge in [-0.15, -0.1) is 0 Å². The number of nitrogens with zero attached hydrogens (tertiary/aromatic N) is 1. The van der Waals surface area contributed by atoms with Crippen molar-refractivity contribution in [1.29, 1.82) is 0 Å². The van der Waals surface area contributed by atoms with Crippen LogP contribution in [0.15, 0.2) is 4.99 Å². The van der Waals surface area contributed by atoms with Gasteiger partial charge in [-0.2, -0.15) is 8.78 Å². The van der Waals surface area contributed by atoms with E-state index in [4.69, 9.17) is 0 Å². The summed E-state index contributed by atoms with van der Waals surface area (Å²) in [5, 5.41) is 0. The molecule has 1 rings (SSSR count). The van der Waals surface area contributed by atoms with Crippen LogP contribution < -0.4 is 0 Å². The third kappa shape index (κ3) is 1.12. The first-order valence-electron chi connectivity index (χ1n) is 2.75. The van der Waals surface area contributed by atoms with E-state index in [2.05, 4.69) is 4.99 Å². The van der Waals surface area contributed by atoms with Crippen LogP contribution in [0.4, 0.5) is 17.6 Å². The van der Waals surface area contributed by atoms with E-state index in [1.807, 2.05) is 0 Å². The molecule has 0 amide bonds. The summed E-state index contributed by atoms with van der Waals surface area (Å²) < 4.78 is 47.7. The largest absolute Gasteiger partial charge is 0.292 e. The number of alkyl halides is 4. The zero-order chi connectivity index (χ0) is 7.78. The lowest BCUT2D eigenvalue weighted by Crippen LogP contribution is -2.29. The molecule has 0 saturated carbocycles. The summed E-state index contributed by atoms with van der Waals surface area (Å²) in [5.74, 6) is -3.37. The van der Waals surface area contributed by atoms with Crippen molar-refractivity contribution in [3.05, 3.63) is 0 Å². The lowest BCUT2D eigenvalue weighted by Gasteiger charge is -2.09. The van der Waals surface area contributed by atoms with Gasteiger partial charge in [0.05, 0.1) is 0 Å². The van der Waals surface area contributed by atoms with Crippen LogP contribution in [0.3, 0.4) is 0 Å². The predicted molar refractivity (Wildman–Crippen MR) is 27.9 cm³/mol. The van der Waals surface area contributed by atoms with E-state index in [0.717, 1.165) is 0 Å². The lowest BCUT2D eigenvalue weighted by atomic mass is 10.2. The third-order valence-corrected chi connectivity index (χ3v) is 1.29. The molecule has 1 aliphatic rings. The molecule has 1 nitrogen and oxygen atoms in total. The van der Waals surface area contributed by atoms with Crippen LogP contribution in [0.2, 0.25) is 0 Å². The smallest absolute Gasteiger partial charge is 0.282 e. The Morgan fingerprint density at radius 2 is 2.00 bits per heavy atom. The summed E-state index contributed by atoms with van der Waals surface area (Å²) in [6.45, 7) is -0.188. The molecule has 1 heterocycles. The Labute approximate surface area is 54.8 Å². The Hall–Kier alpha value is -0.610. The summed E-state index contributed by atoms with van der Waals surface area (Å²) in [7, 11) is 0. The van der Waals surface area contributed by atoms with Crippen molar-refractivity contribution in [2.24, 2.45) is 4.99 Å². The Bertz CT molecular complexity index is 163. The maximum Gasteiger partial charge on any atom is 0.292 e. The van der Waals surface area contributed by atoms with Gasteiger partial charge in [0, 0.05) is 13.0 Å². The fourth-order valence-corrected chi connectivity index (χ4v) is 0.789. The number of rotatable bonds is 1. The fourth-order valence-electron chi connectivity index (χ4n) is 0.789. The van der Waals surface area contributed by atoms with Crippen molar-refractivity contribution in [2.45, 2.75) is 18.8 Å². The first kappa shape index (κ1) is 7.50. The summed E-state index contributed by atoms with van der Waals surface area (Å²) in [6.07, 6.45) is -3.69. The van der Waals surface area contributed by atoms with E-state index in [0.29, 0.717) is 0 Å². The van der Waals surface area contributed by atoms with Crippen LogP contribution in [0, 0.1) is 0 Å². The van der Waals surface area contributed by atoms with Gasteiger partial charge in [-0.1, -0.05) is 0 Å². The molecule has 0 bridgehead atoms. The van der Waals surface area contributed by atoms with Gasteiger partial charge in [-0.05, 0) is 0 Å². The minimum Gasteiger partial charge on any atom is -0.282 e. The molecule has 5 heteroatoms. The van der Waals surface area contributed by atoms with Crippen molar-refractivity contribution in [3.63, 3.8) is 0 Å². The van der Waals surface area contributed by atoms with Crippen LogP contribution in [-0.2, 0) is 0 Å². The van der Waals surface area contributed by atoms with Gasteiger partial charge in [0.25, 0.3) is 12.3 Å². The van der Waals surface area contributed by atoms with Crippen LogP contribution in [0.1, 0.15) is 6.42 Å². The summed E-state index contributed by atoms with van der Waals surface area (Å²) in [5.41, 5.74) is -1.26. The minimum absolute atomic E-state index is 0.188. The molecule has 1 aliphatic heterocycles. The molecule has 0 unspecified atom stereocenters.